The molecule has 0 saturated carbocycles. The predicted octanol–water partition coefficient (Wildman–Crippen LogP) is 3.85. The SMILES string of the molecule is CCC(NC(C)c1ccccc1[N+](=O)[O-])c1nccs1. The molecule has 2 unspecified atom stereocenters. The minimum atomic E-state index is -0.335. The second-order valence-electron chi connectivity index (χ2n) is 4.54. The molecule has 0 aliphatic carbocycles. The van der Waals surface area contributed by atoms with Crippen molar-refractivity contribution in [1.29, 1.82) is 0 Å². The molecule has 0 spiro atoms. The second-order valence-corrected chi connectivity index (χ2v) is 5.46. The van der Waals surface area contributed by atoms with Gasteiger partial charge in [0, 0.05) is 29.2 Å². The Morgan fingerprint density at radius 2 is 2.20 bits per heavy atom. The van der Waals surface area contributed by atoms with Gasteiger partial charge in [-0.25, -0.2) is 4.98 Å². The van der Waals surface area contributed by atoms with Crippen LogP contribution in [0.2, 0.25) is 0 Å². The topological polar surface area (TPSA) is 68.1 Å². The summed E-state index contributed by atoms with van der Waals surface area (Å²) < 4.78 is 0. The smallest absolute Gasteiger partial charge is 0.274 e. The number of thiazole rings is 1. The fourth-order valence-electron chi connectivity index (χ4n) is 2.18. The summed E-state index contributed by atoms with van der Waals surface area (Å²) in [7, 11) is 0. The Bertz CT molecular complexity index is 572. The fraction of sp³-hybridized carbons (Fsp3) is 0.357. The van der Waals surface area contributed by atoms with E-state index in [-0.39, 0.29) is 22.7 Å². The van der Waals surface area contributed by atoms with Gasteiger partial charge in [0.1, 0.15) is 5.01 Å². The Kier molecular flexibility index (Phi) is 4.81. The normalized spacial score (nSPS) is 13.9. The zero-order valence-corrected chi connectivity index (χ0v) is 12.3. The van der Waals surface area contributed by atoms with Crippen molar-refractivity contribution < 1.29 is 4.92 Å². The lowest BCUT2D eigenvalue weighted by atomic mass is 10.0. The summed E-state index contributed by atoms with van der Waals surface area (Å²) in [4.78, 5) is 15.1. The number of nitro groups is 1. The number of rotatable bonds is 6. The highest BCUT2D eigenvalue weighted by Crippen LogP contribution is 2.28. The van der Waals surface area contributed by atoms with Crippen molar-refractivity contribution in [3.63, 3.8) is 0 Å². The highest BCUT2D eigenvalue weighted by Gasteiger charge is 2.21. The molecule has 20 heavy (non-hydrogen) atoms. The molecule has 2 rings (SSSR count). The summed E-state index contributed by atoms with van der Waals surface area (Å²) in [6, 6.07) is 6.86. The van der Waals surface area contributed by atoms with Crippen molar-refractivity contribution in [2.24, 2.45) is 0 Å². The first kappa shape index (κ1) is 14.6. The van der Waals surface area contributed by atoms with Crippen LogP contribution in [0.5, 0.6) is 0 Å². The average Bonchev–Trinajstić information content (AvgIpc) is 2.98. The Hall–Kier alpha value is -1.79. The molecule has 1 aromatic carbocycles. The summed E-state index contributed by atoms with van der Waals surface area (Å²) in [5.41, 5.74) is 0.856. The number of nitrogens with one attached hydrogen (secondary N) is 1. The van der Waals surface area contributed by atoms with Gasteiger partial charge in [-0.05, 0) is 13.3 Å². The van der Waals surface area contributed by atoms with Crippen LogP contribution < -0.4 is 5.32 Å². The lowest BCUT2D eigenvalue weighted by Gasteiger charge is -2.20. The highest BCUT2D eigenvalue weighted by atomic mass is 32.1. The number of hydrogen-bond acceptors (Lipinski definition) is 5. The highest BCUT2D eigenvalue weighted by molar-refractivity contribution is 7.09. The Morgan fingerprint density at radius 1 is 1.45 bits per heavy atom. The molecule has 0 fully saturated rings. The molecule has 5 nitrogen and oxygen atoms in total. The predicted molar refractivity (Wildman–Crippen MR) is 79.8 cm³/mol. The molecule has 2 atom stereocenters. The molecule has 0 aliphatic rings. The van der Waals surface area contributed by atoms with Crippen LogP contribution >= 0.6 is 11.3 Å². The van der Waals surface area contributed by atoms with Gasteiger partial charge in [0.15, 0.2) is 0 Å². The number of para-hydroxylation sites is 1. The third-order valence-electron chi connectivity index (χ3n) is 3.21. The first-order chi connectivity index (χ1) is 9.63. The number of nitro benzene ring substituents is 1. The third-order valence-corrected chi connectivity index (χ3v) is 4.10. The van der Waals surface area contributed by atoms with E-state index in [1.165, 1.54) is 6.07 Å². The van der Waals surface area contributed by atoms with E-state index in [1.807, 2.05) is 18.4 Å². The summed E-state index contributed by atoms with van der Waals surface area (Å²) in [5.74, 6) is 0. The van der Waals surface area contributed by atoms with Crippen molar-refractivity contribution in [3.8, 4) is 0 Å². The van der Waals surface area contributed by atoms with Crippen LogP contribution in [0.15, 0.2) is 35.8 Å². The lowest BCUT2D eigenvalue weighted by Crippen LogP contribution is -2.24. The van der Waals surface area contributed by atoms with Crippen LogP contribution in [-0.2, 0) is 0 Å². The second kappa shape index (κ2) is 6.58. The van der Waals surface area contributed by atoms with E-state index in [1.54, 1.807) is 29.7 Å². The number of nitrogens with zero attached hydrogens (tertiary/aromatic N) is 2. The van der Waals surface area contributed by atoms with Crippen molar-refractivity contribution in [1.82, 2.24) is 10.3 Å². The quantitative estimate of drug-likeness (QED) is 0.648. The lowest BCUT2D eigenvalue weighted by molar-refractivity contribution is -0.385. The Balaban J connectivity index is 2.19. The Labute approximate surface area is 121 Å². The number of aromatic nitrogens is 1. The number of hydrogen-bond donors (Lipinski definition) is 1. The third kappa shape index (κ3) is 3.20. The van der Waals surface area contributed by atoms with Crippen molar-refractivity contribution in [3.05, 3.63) is 56.5 Å². The van der Waals surface area contributed by atoms with Gasteiger partial charge >= 0.3 is 0 Å². The van der Waals surface area contributed by atoms with Gasteiger partial charge in [-0.1, -0.05) is 25.1 Å². The van der Waals surface area contributed by atoms with Crippen molar-refractivity contribution in [2.45, 2.75) is 32.4 Å². The molecule has 106 valence electrons. The average molecular weight is 291 g/mol. The van der Waals surface area contributed by atoms with Crippen LogP contribution in [0.3, 0.4) is 0 Å². The molecule has 0 amide bonds. The summed E-state index contributed by atoms with van der Waals surface area (Å²) in [6.07, 6.45) is 2.67. The van der Waals surface area contributed by atoms with Crippen LogP contribution in [-0.4, -0.2) is 9.91 Å². The molecule has 6 heteroatoms. The molecule has 1 N–H and O–H groups in total. The fourth-order valence-corrected chi connectivity index (χ4v) is 2.96. The zero-order chi connectivity index (χ0) is 14.5. The van der Waals surface area contributed by atoms with E-state index >= 15 is 0 Å². The van der Waals surface area contributed by atoms with Crippen LogP contribution in [0.1, 0.15) is 42.9 Å². The molecule has 0 saturated heterocycles. The van der Waals surface area contributed by atoms with E-state index in [4.69, 9.17) is 0 Å². The van der Waals surface area contributed by atoms with E-state index in [9.17, 15) is 10.1 Å². The van der Waals surface area contributed by atoms with Crippen LogP contribution in [0, 0.1) is 10.1 Å². The minimum Gasteiger partial charge on any atom is -0.301 e. The molecule has 0 radical (unpaired) electrons. The van der Waals surface area contributed by atoms with Gasteiger partial charge < -0.3 is 5.32 Å². The maximum atomic E-state index is 11.1. The summed E-state index contributed by atoms with van der Waals surface area (Å²) in [6.45, 7) is 4.02. The largest absolute Gasteiger partial charge is 0.301 e. The van der Waals surface area contributed by atoms with Gasteiger partial charge in [-0.3, -0.25) is 10.1 Å². The van der Waals surface area contributed by atoms with Gasteiger partial charge in [0.2, 0.25) is 0 Å². The van der Waals surface area contributed by atoms with E-state index in [0.29, 0.717) is 5.56 Å². The van der Waals surface area contributed by atoms with E-state index in [0.717, 1.165) is 11.4 Å². The van der Waals surface area contributed by atoms with Crippen LogP contribution in [0.25, 0.3) is 0 Å². The monoisotopic (exact) mass is 291 g/mol. The number of benzene rings is 1. The summed E-state index contributed by atoms with van der Waals surface area (Å²) in [5, 5.41) is 17.5. The van der Waals surface area contributed by atoms with Gasteiger partial charge in [-0.15, -0.1) is 11.3 Å². The van der Waals surface area contributed by atoms with E-state index < -0.39 is 0 Å². The first-order valence-corrected chi connectivity index (χ1v) is 7.40. The molecular formula is C14H17N3O2S. The van der Waals surface area contributed by atoms with Crippen molar-refractivity contribution in [2.75, 3.05) is 0 Å². The van der Waals surface area contributed by atoms with Gasteiger partial charge in [0.05, 0.1) is 11.0 Å². The van der Waals surface area contributed by atoms with Crippen molar-refractivity contribution >= 4 is 17.0 Å². The first-order valence-electron chi connectivity index (χ1n) is 6.52. The molecular weight excluding hydrogens is 274 g/mol. The van der Waals surface area contributed by atoms with Gasteiger partial charge in [-0.2, -0.15) is 0 Å². The Morgan fingerprint density at radius 3 is 2.80 bits per heavy atom. The molecule has 2 aromatic rings. The van der Waals surface area contributed by atoms with E-state index in [2.05, 4.69) is 17.2 Å². The minimum absolute atomic E-state index is 0.106. The molecule has 0 aliphatic heterocycles. The van der Waals surface area contributed by atoms with Crippen LogP contribution in [0.4, 0.5) is 5.69 Å². The maximum absolute atomic E-state index is 11.1. The molecule has 1 aromatic heterocycles. The zero-order valence-electron chi connectivity index (χ0n) is 11.4. The van der Waals surface area contributed by atoms with Gasteiger partial charge in [0.25, 0.3) is 5.69 Å². The molecule has 0 bridgehead atoms. The maximum Gasteiger partial charge on any atom is 0.274 e. The summed E-state index contributed by atoms with van der Waals surface area (Å²) >= 11 is 1.60. The standard InChI is InChI=1S/C14H17N3O2S/c1-3-12(14-15-8-9-20-14)16-10(2)11-6-4-5-7-13(11)17(18)19/h4-10,12,16H,3H2,1-2H3. The molecule has 1 heterocycles.